The number of alkyl halides is 3. The lowest BCUT2D eigenvalue weighted by molar-refractivity contribution is -0.137. The second-order valence-corrected chi connectivity index (χ2v) is 3.91. The second kappa shape index (κ2) is 3.48. The molecule has 0 aliphatic carbocycles. The van der Waals surface area contributed by atoms with Gasteiger partial charge in [-0.2, -0.15) is 13.2 Å². The minimum Gasteiger partial charge on any atom is -0.264 e. The molecule has 0 fully saturated rings. The van der Waals surface area contributed by atoms with Gasteiger partial charge < -0.3 is 0 Å². The van der Waals surface area contributed by atoms with E-state index >= 15 is 0 Å². The Morgan fingerprint density at radius 3 is 2.60 bits per heavy atom. The molecule has 0 bridgehead atoms. The highest BCUT2D eigenvalue weighted by molar-refractivity contribution is 9.10. The number of hydrogen-bond donors (Lipinski definition) is 0. The maximum Gasteiger partial charge on any atom is 0.416 e. The first-order chi connectivity index (χ1) is 6.98. The molecule has 2 aromatic rings. The molecule has 1 aromatic carbocycles. The molecule has 15 heavy (non-hydrogen) atoms. The predicted octanol–water partition coefficient (Wildman–Crippen LogP) is 4.02. The lowest BCUT2D eigenvalue weighted by Gasteiger charge is -2.08. The summed E-state index contributed by atoms with van der Waals surface area (Å²) in [7, 11) is 0. The van der Waals surface area contributed by atoms with Crippen molar-refractivity contribution in [2.45, 2.75) is 6.18 Å². The first kappa shape index (κ1) is 10.4. The van der Waals surface area contributed by atoms with Gasteiger partial charge in [0, 0.05) is 22.3 Å². The summed E-state index contributed by atoms with van der Waals surface area (Å²) in [6.45, 7) is 0. The third kappa shape index (κ3) is 1.97. The Kier molecular flexibility index (Phi) is 2.42. The Bertz CT molecular complexity index is 507. The maximum atomic E-state index is 12.5. The number of pyridine rings is 1. The van der Waals surface area contributed by atoms with E-state index in [0.717, 1.165) is 17.5 Å². The average molecular weight is 276 g/mol. The van der Waals surface area contributed by atoms with Crippen molar-refractivity contribution in [1.29, 1.82) is 0 Å². The Morgan fingerprint density at radius 2 is 1.93 bits per heavy atom. The van der Waals surface area contributed by atoms with Crippen LogP contribution in [-0.2, 0) is 6.18 Å². The van der Waals surface area contributed by atoms with Crippen LogP contribution in [0.15, 0.2) is 35.1 Å². The Balaban J connectivity index is 2.73. The van der Waals surface area contributed by atoms with E-state index in [9.17, 15) is 13.2 Å². The third-order valence-corrected chi connectivity index (χ3v) is 2.69. The van der Waals surface area contributed by atoms with Crippen molar-refractivity contribution in [3.05, 3.63) is 40.6 Å². The van der Waals surface area contributed by atoms with E-state index in [1.54, 1.807) is 12.3 Å². The van der Waals surface area contributed by atoms with E-state index in [1.807, 2.05) is 0 Å². The highest BCUT2D eigenvalue weighted by Gasteiger charge is 2.31. The van der Waals surface area contributed by atoms with Crippen LogP contribution in [0.5, 0.6) is 0 Å². The molecule has 0 saturated heterocycles. The van der Waals surface area contributed by atoms with Crippen molar-refractivity contribution < 1.29 is 13.2 Å². The van der Waals surface area contributed by atoms with Gasteiger partial charge in [0.15, 0.2) is 0 Å². The van der Waals surface area contributed by atoms with Gasteiger partial charge in [-0.3, -0.25) is 4.98 Å². The van der Waals surface area contributed by atoms with Crippen molar-refractivity contribution in [1.82, 2.24) is 4.98 Å². The second-order valence-electron chi connectivity index (χ2n) is 3.05. The molecule has 5 heteroatoms. The first-order valence-corrected chi connectivity index (χ1v) is 4.88. The molecule has 0 atom stereocenters. The normalized spacial score (nSPS) is 12.0. The molecule has 0 radical (unpaired) electrons. The van der Waals surface area contributed by atoms with Crippen LogP contribution in [0.1, 0.15) is 5.56 Å². The van der Waals surface area contributed by atoms with E-state index in [1.165, 1.54) is 6.20 Å². The lowest BCUT2D eigenvalue weighted by atomic mass is 10.1. The third-order valence-electron chi connectivity index (χ3n) is 2.03. The Hall–Kier alpha value is -1.10. The Labute approximate surface area is 92.1 Å². The van der Waals surface area contributed by atoms with Crippen molar-refractivity contribution in [3.8, 4) is 0 Å². The molecule has 0 aliphatic rings. The molecule has 78 valence electrons. The van der Waals surface area contributed by atoms with Crippen LogP contribution in [0.25, 0.3) is 10.8 Å². The van der Waals surface area contributed by atoms with Crippen molar-refractivity contribution in [2.24, 2.45) is 0 Å². The summed E-state index contributed by atoms with van der Waals surface area (Å²) in [5.41, 5.74) is -0.671. The van der Waals surface area contributed by atoms with Gasteiger partial charge in [0.05, 0.1) is 5.56 Å². The molecule has 0 saturated carbocycles. The summed E-state index contributed by atoms with van der Waals surface area (Å²) >= 11 is 3.11. The fourth-order valence-corrected chi connectivity index (χ4v) is 1.93. The fraction of sp³-hybridized carbons (Fsp3) is 0.100. The maximum absolute atomic E-state index is 12.5. The molecule has 2 rings (SSSR count). The number of rotatable bonds is 0. The van der Waals surface area contributed by atoms with Crippen LogP contribution in [0.4, 0.5) is 13.2 Å². The molecular weight excluding hydrogens is 271 g/mol. The van der Waals surface area contributed by atoms with Crippen molar-refractivity contribution in [3.63, 3.8) is 0 Å². The Morgan fingerprint density at radius 1 is 1.20 bits per heavy atom. The molecule has 0 amide bonds. The number of benzene rings is 1. The number of halogens is 4. The molecule has 0 spiro atoms. The number of fused-ring (bicyclic) bond motifs is 1. The van der Waals surface area contributed by atoms with E-state index in [0.29, 0.717) is 9.86 Å². The van der Waals surface area contributed by atoms with E-state index in [2.05, 4.69) is 20.9 Å². The highest BCUT2D eigenvalue weighted by Crippen LogP contribution is 2.34. The standard InChI is InChI=1S/C10H5BrF3N/c11-9-4-7(10(12,13)14)3-6-5-15-2-1-8(6)9/h1-5H. The molecule has 0 aliphatic heterocycles. The molecule has 0 N–H and O–H groups in total. The largest absolute Gasteiger partial charge is 0.416 e. The van der Waals surface area contributed by atoms with Gasteiger partial charge in [-0.1, -0.05) is 15.9 Å². The molecule has 1 aromatic heterocycles. The van der Waals surface area contributed by atoms with E-state index < -0.39 is 11.7 Å². The summed E-state index contributed by atoms with van der Waals surface area (Å²) in [4.78, 5) is 3.79. The van der Waals surface area contributed by atoms with E-state index in [4.69, 9.17) is 0 Å². The van der Waals surface area contributed by atoms with Crippen molar-refractivity contribution >= 4 is 26.7 Å². The van der Waals surface area contributed by atoms with Crippen LogP contribution in [0, 0.1) is 0 Å². The number of aromatic nitrogens is 1. The molecular formula is C10H5BrF3N. The van der Waals surface area contributed by atoms with Crippen LogP contribution in [-0.4, -0.2) is 4.98 Å². The van der Waals surface area contributed by atoms with Gasteiger partial charge >= 0.3 is 6.18 Å². The zero-order valence-corrected chi connectivity index (χ0v) is 8.93. The molecule has 1 nitrogen and oxygen atoms in total. The number of hydrogen-bond acceptors (Lipinski definition) is 1. The van der Waals surface area contributed by atoms with Crippen molar-refractivity contribution in [2.75, 3.05) is 0 Å². The topological polar surface area (TPSA) is 12.9 Å². The minimum atomic E-state index is -4.33. The van der Waals surface area contributed by atoms with Crippen LogP contribution in [0.2, 0.25) is 0 Å². The predicted molar refractivity (Wildman–Crippen MR) is 54.4 cm³/mol. The van der Waals surface area contributed by atoms with E-state index in [-0.39, 0.29) is 0 Å². The summed E-state index contributed by atoms with van der Waals surface area (Å²) in [6.07, 6.45) is -1.37. The average Bonchev–Trinajstić information content (AvgIpc) is 2.16. The first-order valence-electron chi connectivity index (χ1n) is 4.09. The summed E-state index contributed by atoms with van der Waals surface area (Å²) in [6, 6.07) is 3.83. The summed E-state index contributed by atoms with van der Waals surface area (Å²) in [5.74, 6) is 0. The fourth-order valence-electron chi connectivity index (χ4n) is 1.33. The molecule has 0 unspecified atom stereocenters. The zero-order valence-electron chi connectivity index (χ0n) is 7.35. The van der Waals surface area contributed by atoms with Gasteiger partial charge in [0.25, 0.3) is 0 Å². The van der Waals surface area contributed by atoms with Crippen LogP contribution < -0.4 is 0 Å². The number of nitrogens with zero attached hydrogens (tertiary/aromatic N) is 1. The van der Waals surface area contributed by atoms with Gasteiger partial charge in [-0.05, 0) is 23.6 Å². The SMILES string of the molecule is FC(F)(F)c1cc(Br)c2ccncc2c1. The quantitative estimate of drug-likeness (QED) is 0.708. The van der Waals surface area contributed by atoms with Gasteiger partial charge in [0.2, 0.25) is 0 Å². The minimum absolute atomic E-state index is 0.426. The highest BCUT2D eigenvalue weighted by atomic mass is 79.9. The zero-order chi connectivity index (χ0) is 11.1. The summed E-state index contributed by atoms with van der Waals surface area (Å²) < 4.78 is 37.8. The van der Waals surface area contributed by atoms with Crippen LogP contribution >= 0.6 is 15.9 Å². The molecule has 1 heterocycles. The van der Waals surface area contributed by atoms with Gasteiger partial charge in [-0.25, -0.2) is 0 Å². The smallest absolute Gasteiger partial charge is 0.264 e. The van der Waals surface area contributed by atoms with Gasteiger partial charge in [-0.15, -0.1) is 0 Å². The van der Waals surface area contributed by atoms with Crippen LogP contribution in [0.3, 0.4) is 0 Å². The summed E-state index contributed by atoms with van der Waals surface area (Å²) in [5, 5.41) is 1.19. The monoisotopic (exact) mass is 275 g/mol. The lowest BCUT2D eigenvalue weighted by Crippen LogP contribution is -2.04. The van der Waals surface area contributed by atoms with Gasteiger partial charge in [0.1, 0.15) is 0 Å².